The van der Waals surface area contributed by atoms with Crippen molar-refractivity contribution in [2.24, 2.45) is 10.7 Å². The molecule has 0 aliphatic carbocycles. The predicted molar refractivity (Wildman–Crippen MR) is 45.7 cm³/mol. The largest absolute Gasteiger partial charge is 0.378 e. The number of ether oxygens (including phenoxy) is 1. The maximum atomic E-state index is 5.83. The summed E-state index contributed by atoms with van der Waals surface area (Å²) >= 11 is 0. The normalized spacial score (nSPS) is 30.2. The molecule has 3 nitrogen and oxygen atoms in total. The first-order valence-corrected chi connectivity index (χ1v) is 3.61. The first kappa shape index (κ1) is 8.43. The first-order chi connectivity index (χ1) is 5.06. The summed E-state index contributed by atoms with van der Waals surface area (Å²) in [5.41, 5.74) is 7.34. The Hall–Kier alpha value is -0.670. The number of rotatable bonds is 2. The second-order valence-corrected chi connectivity index (χ2v) is 3.01. The number of aliphatic imine (C=N–C) groups is 1. The van der Waals surface area contributed by atoms with Gasteiger partial charge < -0.3 is 10.5 Å². The summed E-state index contributed by atoms with van der Waals surface area (Å²) in [6.07, 6.45) is 1.98. The summed E-state index contributed by atoms with van der Waals surface area (Å²) in [5.74, 6) is 0. The summed E-state index contributed by atoms with van der Waals surface area (Å²) in [5, 5.41) is 0. The van der Waals surface area contributed by atoms with E-state index in [2.05, 4.69) is 4.99 Å². The van der Waals surface area contributed by atoms with Gasteiger partial charge in [0, 0.05) is 7.11 Å². The van der Waals surface area contributed by atoms with Gasteiger partial charge in [-0.2, -0.15) is 0 Å². The SMILES string of the molecule is COCC1=NC(C)(N)C(C)=C1. The third-order valence-electron chi connectivity index (χ3n) is 1.85. The maximum absolute atomic E-state index is 5.83. The zero-order chi connectivity index (χ0) is 8.48. The number of hydrogen-bond acceptors (Lipinski definition) is 3. The van der Waals surface area contributed by atoms with Gasteiger partial charge >= 0.3 is 0 Å². The molecule has 0 saturated carbocycles. The van der Waals surface area contributed by atoms with Crippen LogP contribution in [0.25, 0.3) is 0 Å². The van der Waals surface area contributed by atoms with Crippen molar-refractivity contribution in [3.63, 3.8) is 0 Å². The highest BCUT2D eigenvalue weighted by Crippen LogP contribution is 2.20. The molecule has 1 atom stereocenters. The van der Waals surface area contributed by atoms with Crippen molar-refractivity contribution in [3.05, 3.63) is 11.6 Å². The van der Waals surface area contributed by atoms with Crippen LogP contribution in [0.5, 0.6) is 0 Å². The molecule has 0 aromatic rings. The fourth-order valence-corrected chi connectivity index (χ4v) is 1.04. The van der Waals surface area contributed by atoms with Gasteiger partial charge in [0.1, 0.15) is 5.66 Å². The highest BCUT2D eigenvalue weighted by Gasteiger charge is 2.24. The van der Waals surface area contributed by atoms with E-state index in [0.717, 1.165) is 11.3 Å². The molecule has 1 rings (SSSR count). The zero-order valence-corrected chi connectivity index (χ0v) is 7.22. The van der Waals surface area contributed by atoms with Crippen LogP contribution >= 0.6 is 0 Å². The van der Waals surface area contributed by atoms with Crippen LogP contribution in [0.2, 0.25) is 0 Å². The second-order valence-electron chi connectivity index (χ2n) is 3.01. The Labute approximate surface area is 66.9 Å². The van der Waals surface area contributed by atoms with E-state index in [9.17, 15) is 0 Å². The van der Waals surface area contributed by atoms with E-state index in [1.807, 2.05) is 19.9 Å². The smallest absolute Gasteiger partial charge is 0.127 e. The van der Waals surface area contributed by atoms with E-state index in [-0.39, 0.29) is 0 Å². The van der Waals surface area contributed by atoms with Crippen molar-refractivity contribution in [1.82, 2.24) is 0 Å². The average molecular weight is 154 g/mol. The monoisotopic (exact) mass is 154 g/mol. The van der Waals surface area contributed by atoms with Crippen molar-refractivity contribution in [3.8, 4) is 0 Å². The van der Waals surface area contributed by atoms with Crippen molar-refractivity contribution < 1.29 is 4.74 Å². The molecule has 0 bridgehead atoms. The van der Waals surface area contributed by atoms with E-state index in [1.165, 1.54) is 0 Å². The quantitative estimate of drug-likeness (QED) is 0.636. The van der Waals surface area contributed by atoms with Gasteiger partial charge in [-0.3, -0.25) is 4.99 Å². The third-order valence-corrected chi connectivity index (χ3v) is 1.85. The summed E-state index contributed by atoms with van der Waals surface area (Å²) in [6, 6.07) is 0. The summed E-state index contributed by atoms with van der Waals surface area (Å²) in [6.45, 7) is 4.41. The highest BCUT2D eigenvalue weighted by molar-refractivity contribution is 5.99. The van der Waals surface area contributed by atoms with Gasteiger partial charge in [-0.15, -0.1) is 0 Å². The molecule has 1 aliphatic rings. The molecule has 0 saturated heterocycles. The molecule has 11 heavy (non-hydrogen) atoms. The van der Waals surface area contributed by atoms with Gasteiger partial charge in [0.25, 0.3) is 0 Å². The topological polar surface area (TPSA) is 47.6 Å². The molecule has 1 unspecified atom stereocenters. The van der Waals surface area contributed by atoms with E-state index in [4.69, 9.17) is 10.5 Å². The Bertz CT molecular complexity index is 216. The summed E-state index contributed by atoms with van der Waals surface area (Å²) in [7, 11) is 1.65. The molecule has 0 fully saturated rings. The van der Waals surface area contributed by atoms with Gasteiger partial charge in [-0.25, -0.2) is 0 Å². The molecule has 0 amide bonds. The average Bonchev–Trinajstić information content (AvgIpc) is 2.08. The van der Waals surface area contributed by atoms with Crippen LogP contribution in [0.15, 0.2) is 16.6 Å². The fraction of sp³-hybridized carbons (Fsp3) is 0.625. The molecular weight excluding hydrogens is 140 g/mol. The van der Waals surface area contributed by atoms with Gasteiger partial charge in [-0.05, 0) is 25.5 Å². The molecule has 1 heterocycles. The van der Waals surface area contributed by atoms with Crippen LogP contribution in [0.3, 0.4) is 0 Å². The Kier molecular flexibility index (Phi) is 2.11. The van der Waals surface area contributed by atoms with E-state index in [0.29, 0.717) is 6.61 Å². The molecule has 3 heteroatoms. The Morgan fingerprint density at radius 1 is 1.73 bits per heavy atom. The third kappa shape index (κ3) is 1.67. The highest BCUT2D eigenvalue weighted by atomic mass is 16.5. The van der Waals surface area contributed by atoms with E-state index >= 15 is 0 Å². The molecule has 62 valence electrons. The van der Waals surface area contributed by atoms with E-state index < -0.39 is 5.66 Å². The Morgan fingerprint density at radius 3 is 2.73 bits per heavy atom. The van der Waals surface area contributed by atoms with Crippen molar-refractivity contribution in [2.75, 3.05) is 13.7 Å². The minimum absolute atomic E-state index is 0.506. The number of hydrogen-bond donors (Lipinski definition) is 1. The summed E-state index contributed by atoms with van der Waals surface area (Å²) < 4.78 is 4.94. The van der Waals surface area contributed by atoms with Crippen LogP contribution in [0.4, 0.5) is 0 Å². The lowest BCUT2D eigenvalue weighted by Crippen LogP contribution is -2.33. The van der Waals surface area contributed by atoms with Gasteiger partial charge in [0.2, 0.25) is 0 Å². The van der Waals surface area contributed by atoms with Crippen LogP contribution in [0, 0.1) is 0 Å². The van der Waals surface area contributed by atoms with Gasteiger partial charge in [0.05, 0.1) is 12.3 Å². The van der Waals surface area contributed by atoms with Crippen LogP contribution in [0.1, 0.15) is 13.8 Å². The lowest BCUT2D eigenvalue weighted by Gasteiger charge is -2.15. The minimum Gasteiger partial charge on any atom is -0.378 e. The minimum atomic E-state index is -0.506. The van der Waals surface area contributed by atoms with E-state index in [1.54, 1.807) is 7.11 Å². The van der Waals surface area contributed by atoms with Crippen molar-refractivity contribution in [2.45, 2.75) is 19.5 Å². The Morgan fingerprint density at radius 2 is 2.36 bits per heavy atom. The van der Waals surface area contributed by atoms with Crippen LogP contribution in [-0.4, -0.2) is 25.1 Å². The molecule has 2 N–H and O–H groups in total. The van der Waals surface area contributed by atoms with Gasteiger partial charge in [-0.1, -0.05) is 0 Å². The van der Waals surface area contributed by atoms with Crippen LogP contribution in [-0.2, 0) is 4.74 Å². The van der Waals surface area contributed by atoms with Gasteiger partial charge in [0.15, 0.2) is 0 Å². The predicted octanol–water partition coefficient (Wildman–Crippen LogP) is 0.709. The fourth-order valence-electron chi connectivity index (χ4n) is 1.04. The molecule has 0 radical (unpaired) electrons. The summed E-state index contributed by atoms with van der Waals surface area (Å²) in [4.78, 5) is 4.27. The van der Waals surface area contributed by atoms with Crippen molar-refractivity contribution >= 4 is 5.71 Å². The molecule has 0 aromatic carbocycles. The lowest BCUT2D eigenvalue weighted by atomic mass is 10.1. The number of nitrogens with two attached hydrogens (primary N) is 1. The zero-order valence-electron chi connectivity index (χ0n) is 7.22. The Balaban J connectivity index is 2.74. The lowest BCUT2D eigenvalue weighted by molar-refractivity contribution is 0.245. The molecule has 1 aliphatic heterocycles. The first-order valence-electron chi connectivity index (χ1n) is 3.61. The number of nitrogens with zero attached hydrogens (tertiary/aromatic N) is 1. The molecule has 0 spiro atoms. The molecule has 0 aromatic heterocycles. The maximum Gasteiger partial charge on any atom is 0.127 e. The molecular formula is C8H14N2O. The van der Waals surface area contributed by atoms with Crippen molar-refractivity contribution in [1.29, 1.82) is 0 Å². The standard InChI is InChI=1S/C8H14N2O/c1-6-4-7(5-11-3)10-8(6,2)9/h4H,5,9H2,1-3H3. The second kappa shape index (κ2) is 2.75. The number of methoxy groups -OCH3 is 1. The van der Waals surface area contributed by atoms with Crippen LogP contribution < -0.4 is 5.73 Å².